The lowest BCUT2D eigenvalue weighted by atomic mass is 9.89. The maximum absolute atomic E-state index is 14.7. The number of aliphatic imine (C=N–C) groups is 1. The first-order chi connectivity index (χ1) is 15.2. The molecule has 0 bridgehead atoms. The highest BCUT2D eigenvalue weighted by molar-refractivity contribution is 5.92. The molecule has 0 radical (unpaired) electrons. The molecular formula is C24H27FN6. The zero-order valence-corrected chi connectivity index (χ0v) is 17.7. The van der Waals surface area contributed by atoms with Gasteiger partial charge in [-0.05, 0) is 50.0 Å². The van der Waals surface area contributed by atoms with Gasteiger partial charge in [0.1, 0.15) is 11.7 Å². The summed E-state index contributed by atoms with van der Waals surface area (Å²) < 4.78 is 14.7. The number of fused-ring (bicyclic) bond motifs is 1. The van der Waals surface area contributed by atoms with Crippen molar-refractivity contribution in [3.05, 3.63) is 71.2 Å². The molecule has 3 aliphatic rings. The number of hydrogen-bond acceptors (Lipinski definition) is 6. The monoisotopic (exact) mass is 418 g/mol. The van der Waals surface area contributed by atoms with Gasteiger partial charge in [-0.3, -0.25) is 4.98 Å². The summed E-state index contributed by atoms with van der Waals surface area (Å²) >= 11 is 0. The van der Waals surface area contributed by atoms with Crippen molar-refractivity contribution >= 4 is 17.3 Å². The van der Waals surface area contributed by atoms with Gasteiger partial charge in [-0.15, -0.1) is 0 Å². The predicted molar refractivity (Wildman–Crippen MR) is 121 cm³/mol. The third kappa shape index (κ3) is 4.31. The van der Waals surface area contributed by atoms with E-state index < -0.39 is 5.95 Å². The molecule has 0 spiro atoms. The molecule has 2 aromatic rings. The zero-order valence-electron chi connectivity index (χ0n) is 17.7. The van der Waals surface area contributed by atoms with E-state index in [-0.39, 0.29) is 5.92 Å². The van der Waals surface area contributed by atoms with Crippen LogP contribution in [0.3, 0.4) is 0 Å². The van der Waals surface area contributed by atoms with Crippen LogP contribution >= 0.6 is 0 Å². The highest BCUT2D eigenvalue weighted by Crippen LogP contribution is 2.31. The summed E-state index contributed by atoms with van der Waals surface area (Å²) in [6.45, 7) is 4.79. The van der Waals surface area contributed by atoms with Crippen LogP contribution in [0.25, 0.3) is 0 Å². The van der Waals surface area contributed by atoms with Crippen molar-refractivity contribution in [3.8, 4) is 0 Å². The second kappa shape index (κ2) is 8.49. The number of rotatable bonds is 6. The number of anilines is 2. The van der Waals surface area contributed by atoms with Crippen LogP contribution in [0.15, 0.2) is 59.0 Å². The van der Waals surface area contributed by atoms with Gasteiger partial charge in [-0.25, -0.2) is 9.98 Å². The maximum Gasteiger partial charge on any atom is 0.218 e. The Hall–Kier alpha value is -3.22. The highest BCUT2D eigenvalue weighted by atomic mass is 19.1. The standard InChI is InChI=1S/C24H27FN6/c1-16-10-21-18(13-29-24(21)28-12-16)11-17-4-7-22(30-23(17)25)27-14-19-5-6-20(15-26-19)31-8-2-3-9-31/h4-7,12-13,15,21H,2-3,8-11,14H2,1H3,(H,27,30)(H,28,29). The maximum atomic E-state index is 14.7. The number of aromatic nitrogens is 2. The van der Waals surface area contributed by atoms with Crippen molar-refractivity contribution in [2.45, 2.75) is 39.2 Å². The van der Waals surface area contributed by atoms with Crippen molar-refractivity contribution in [1.29, 1.82) is 0 Å². The smallest absolute Gasteiger partial charge is 0.218 e. The van der Waals surface area contributed by atoms with Crippen LogP contribution in [-0.2, 0) is 13.0 Å². The number of pyridine rings is 2. The zero-order chi connectivity index (χ0) is 21.2. The third-order valence-electron chi connectivity index (χ3n) is 6.18. The van der Waals surface area contributed by atoms with Gasteiger partial charge in [0.25, 0.3) is 0 Å². The van der Waals surface area contributed by atoms with Gasteiger partial charge < -0.3 is 15.5 Å². The van der Waals surface area contributed by atoms with Crippen LogP contribution in [0, 0.1) is 11.9 Å². The number of nitrogens with zero attached hydrogens (tertiary/aromatic N) is 4. The lowest BCUT2D eigenvalue weighted by Gasteiger charge is -2.19. The van der Waals surface area contributed by atoms with E-state index >= 15 is 0 Å². The number of nitrogens with one attached hydrogen (secondary N) is 2. The van der Waals surface area contributed by atoms with Crippen molar-refractivity contribution < 1.29 is 4.39 Å². The Morgan fingerprint density at radius 2 is 2.06 bits per heavy atom. The minimum Gasteiger partial charge on any atom is -0.370 e. The Kier molecular flexibility index (Phi) is 5.40. The summed E-state index contributed by atoms with van der Waals surface area (Å²) in [5.41, 5.74) is 5.06. The van der Waals surface area contributed by atoms with E-state index in [1.54, 1.807) is 0 Å². The van der Waals surface area contributed by atoms with Crippen LogP contribution in [-0.4, -0.2) is 28.9 Å². The van der Waals surface area contributed by atoms with Crippen molar-refractivity contribution in [1.82, 2.24) is 15.3 Å². The Bertz CT molecular complexity index is 1050. The summed E-state index contributed by atoms with van der Waals surface area (Å²) in [4.78, 5) is 15.5. The van der Waals surface area contributed by atoms with Crippen LogP contribution in [0.2, 0.25) is 0 Å². The molecule has 0 saturated carbocycles. The molecule has 3 aliphatic heterocycles. The fraction of sp³-hybridized carbons (Fsp3) is 0.375. The summed E-state index contributed by atoms with van der Waals surface area (Å²) in [5.74, 6) is 1.26. The largest absolute Gasteiger partial charge is 0.370 e. The molecule has 1 atom stereocenters. The Morgan fingerprint density at radius 3 is 2.84 bits per heavy atom. The second-order valence-corrected chi connectivity index (χ2v) is 8.49. The molecule has 0 amide bonds. The first-order valence-electron chi connectivity index (χ1n) is 10.9. The molecule has 5 rings (SSSR count). The SMILES string of the molecule is CC1=CN=C2NC=C(Cc3ccc(NCc4ccc(N5CCCC5)cn4)nc3F)C2C1. The Labute approximate surface area is 182 Å². The van der Waals surface area contributed by atoms with E-state index in [0.717, 1.165) is 36.6 Å². The van der Waals surface area contributed by atoms with E-state index in [1.165, 1.54) is 24.1 Å². The van der Waals surface area contributed by atoms with E-state index in [9.17, 15) is 4.39 Å². The van der Waals surface area contributed by atoms with Crippen LogP contribution in [0.1, 0.15) is 37.4 Å². The first-order valence-corrected chi connectivity index (χ1v) is 10.9. The molecule has 31 heavy (non-hydrogen) atoms. The van der Waals surface area contributed by atoms with Crippen molar-refractivity contribution in [2.75, 3.05) is 23.3 Å². The molecule has 2 N–H and O–H groups in total. The molecule has 160 valence electrons. The number of hydrogen-bond donors (Lipinski definition) is 2. The van der Waals surface area contributed by atoms with Gasteiger partial charge >= 0.3 is 0 Å². The summed E-state index contributed by atoms with van der Waals surface area (Å²) in [6.07, 6.45) is 9.72. The minimum absolute atomic E-state index is 0.219. The topological polar surface area (TPSA) is 65.4 Å². The molecule has 5 heterocycles. The van der Waals surface area contributed by atoms with Crippen molar-refractivity contribution in [3.63, 3.8) is 0 Å². The molecule has 2 aromatic heterocycles. The second-order valence-electron chi connectivity index (χ2n) is 8.49. The summed E-state index contributed by atoms with van der Waals surface area (Å²) in [7, 11) is 0. The number of amidine groups is 1. The van der Waals surface area contributed by atoms with Gasteiger partial charge in [-0.1, -0.05) is 11.6 Å². The van der Waals surface area contributed by atoms with Crippen LogP contribution in [0.4, 0.5) is 15.9 Å². The highest BCUT2D eigenvalue weighted by Gasteiger charge is 2.28. The number of allylic oxidation sites excluding steroid dienone is 1. The van der Waals surface area contributed by atoms with E-state index in [0.29, 0.717) is 24.3 Å². The van der Waals surface area contributed by atoms with Crippen LogP contribution < -0.4 is 15.5 Å². The van der Waals surface area contributed by atoms with E-state index in [1.807, 2.05) is 36.8 Å². The van der Waals surface area contributed by atoms with E-state index in [4.69, 9.17) is 0 Å². The van der Waals surface area contributed by atoms with Gasteiger partial charge in [0, 0.05) is 43.4 Å². The molecule has 6 nitrogen and oxygen atoms in total. The van der Waals surface area contributed by atoms with Gasteiger partial charge in [0.15, 0.2) is 0 Å². The molecule has 7 heteroatoms. The molecule has 1 unspecified atom stereocenters. The Morgan fingerprint density at radius 1 is 1.19 bits per heavy atom. The molecule has 0 aliphatic carbocycles. The van der Waals surface area contributed by atoms with Crippen LogP contribution in [0.5, 0.6) is 0 Å². The Balaban J connectivity index is 1.19. The fourth-order valence-corrected chi connectivity index (χ4v) is 4.41. The van der Waals surface area contributed by atoms with Gasteiger partial charge in [-0.2, -0.15) is 4.39 Å². The summed E-state index contributed by atoms with van der Waals surface area (Å²) in [5, 5.41) is 6.40. The first kappa shape index (κ1) is 19.7. The van der Waals surface area contributed by atoms with Gasteiger partial charge in [0.05, 0.1) is 24.1 Å². The fourth-order valence-electron chi connectivity index (χ4n) is 4.41. The number of halogens is 1. The molecule has 1 saturated heterocycles. The average Bonchev–Trinajstić information content (AvgIpc) is 3.45. The van der Waals surface area contributed by atoms with Gasteiger partial charge in [0.2, 0.25) is 5.95 Å². The average molecular weight is 419 g/mol. The third-order valence-corrected chi connectivity index (χ3v) is 6.18. The van der Waals surface area contributed by atoms with Crippen molar-refractivity contribution in [2.24, 2.45) is 10.9 Å². The molecule has 0 aromatic carbocycles. The molecular weight excluding hydrogens is 391 g/mol. The summed E-state index contributed by atoms with van der Waals surface area (Å²) in [6, 6.07) is 7.78. The quantitative estimate of drug-likeness (QED) is 0.689. The lowest BCUT2D eigenvalue weighted by molar-refractivity contribution is 0.568. The van der Waals surface area contributed by atoms with E-state index in [2.05, 4.69) is 43.5 Å². The minimum atomic E-state index is -0.434. The lowest BCUT2D eigenvalue weighted by Crippen LogP contribution is -2.23. The molecule has 1 fully saturated rings. The predicted octanol–water partition coefficient (Wildman–Crippen LogP) is 4.18. The normalized spacial score (nSPS) is 20.0.